The Balaban J connectivity index is 1.54. The van der Waals surface area contributed by atoms with Crippen molar-refractivity contribution in [2.45, 2.75) is 26.4 Å². The first-order chi connectivity index (χ1) is 14.7. The summed E-state index contributed by atoms with van der Waals surface area (Å²) in [6, 6.07) is 19.8. The van der Waals surface area contributed by atoms with Crippen LogP contribution in [0.25, 0.3) is 17.2 Å². The number of oxazole rings is 1. The van der Waals surface area contributed by atoms with E-state index in [2.05, 4.69) is 41.2 Å². The molecule has 0 aliphatic rings. The van der Waals surface area contributed by atoms with Crippen LogP contribution in [-0.4, -0.2) is 20.8 Å². The Morgan fingerprint density at radius 2 is 1.73 bits per heavy atom. The van der Waals surface area contributed by atoms with E-state index in [4.69, 9.17) is 4.42 Å². The fourth-order valence-corrected chi connectivity index (χ4v) is 3.23. The highest BCUT2D eigenvalue weighted by Gasteiger charge is 2.13. The number of hydrogen-bond acceptors (Lipinski definition) is 4. The smallest absolute Gasteiger partial charge is 0.247 e. The number of pyridine rings is 1. The first-order valence-electron chi connectivity index (χ1n) is 10.0. The molecule has 0 N–H and O–H groups in total. The zero-order chi connectivity index (χ0) is 20.8. The van der Waals surface area contributed by atoms with Gasteiger partial charge in [0.1, 0.15) is 5.52 Å². The number of rotatable bonds is 7. The van der Waals surface area contributed by atoms with Crippen LogP contribution < -0.4 is 0 Å². The summed E-state index contributed by atoms with van der Waals surface area (Å²) in [6.45, 7) is 3.11. The molecule has 30 heavy (non-hydrogen) atoms. The molecule has 5 heteroatoms. The molecular formula is C25H23N3O2. The Morgan fingerprint density at radius 1 is 0.967 bits per heavy atom. The Labute approximate surface area is 175 Å². The number of benzene rings is 2. The number of carbonyl (C=O) groups excluding carboxylic acids is 1. The molecular weight excluding hydrogens is 374 g/mol. The van der Waals surface area contributed by atoms with Gasteiger partial charge in [0.05, 0.1) is 0 Å². The summed E-state index contributed by atoms with van der Waals surface area (Å²) in [5, 5.41) is 0. The lowest BCUT2D eigenvalue weighted by Crippen LogP contribution is -2.28. The van der Waals surface area contributed by atoms with Gasteiger partial charge in [0, 0.05) is 37.6 Å². The molecule has 0 aliphatic carbocycles. The fraction of sp³-hybridized carbons (Fsp3) is 0.160. The van der Waals surface area contributed by atoms with Crippen molar-refractivity contribution in [3.63, 3.8) is 0 Å². The van der Waals surface area contributed by atoms with Crippen LogP contribution in [0.2, 0.25) is 0 Å². The molecule has 150 valence electrons. The second-order valence-corrected chi connectivity index (χ2v) is 7.08. The normalized spacial score (nSPS) is 11.2. The van der Waals surface area contributed by atoms with E-state index in [0.717, 1.165) is 23.1 Å². The summed E-state index contributed by atoms with van der Waals surface area (Å²) in [6.07, 6.45) is 7.64. The lowest BCUT2D eigenvalue weighted by molar-refractivity contribution is -0.127. The summed E-state index contributed by atoms with van der Waals surface area (Å²) in [5.74, 6) is 0.304. The molecule has 0 spiro atoms. The maximum absolute atomic E-state index is 13.0. The van der Waals surface area contributed by atoms with Crippen molar-refractivity contribution in [1.29, 1.82) is 0 Å². The summed E-state index contributed by atoms with van der Waals surface area (Å²) in [5.41, 5.74) is 4.81. The van der Waals surface area contributed by atoms with E-state index in [1.54, 1.807) is 23.4 Å². The van der Waals surface area contributed by atoms with Crippen LogP contribution in [-0.2, 0) is 24.3 Å². The molecule has 0 bridgehead atoms. The SMILES string of the molecule is CCc1ccc(CN(Cc2cccnc2)C(=O)C=Cc2nc3ccccc3o2)cc1. The molecule has 2 heterocycles. The molecule has 4 aromatic rings. The molecule has 0 unspecified atom stereocenters. The highest BCUT2D eigenvalue weighted by molar-refractivity contribution is 5.91. The number of nitrogens with zero attached hydrogens (tertiary/aromatic N) is 3. The van der Waals surface area contributed by atoms with Crippen molar-refractivity contribution >= 4 is 23.1 Å². The van der Waals surface area contributed by atoms with Gasteiger partial charge in [-0.15, -0.1) is 0 Å². The maximum Gasteiger partial charge on any atom is 0.247 e. The van der Waals surface area contributed by atoms with Crippen LogP contribution >= 0.6 is 0 Å². The molecule has 0 saturated carbocycles. The first-order valence-corrected chi connectivity index (χ1v) is 10.0. The molecule has 0 aliphatic heterocycles. The van der Waals surface area contributed by atoms with E-state index >= 15 is 0 Å². The van der Waals surface area contributed by atoms with E-state index in [-0.39, 0.29) is 5.91 Å². The number of fused-ring (bicyclic) bond motifs is 1. The summed E-state index contributed by atoms with van der Waals surface area (Å²) < 4.78 is 5.68. The molecule has 1 amide bonds. The first kappa shape index (κ1) is 19.6. The van der Waals surface area contributed by atoms with E-state index in [1.807, 2.05) is 36.4 Å². The molecule has 2 aromatic carbocycles. The van der Waals surface area contributed by atoms with Gasteiger partial charge < -0.3 is 9.32 Å². The molecule has 2 aromatic heterocycles. The molecule has 4 rings (SSSR count). The lowest BCUT2D eigenvalue weighted by atomic mass is 10.1. The Bertz CT molecular complexity index is 1110. The monoisotopic (exact) mass is 397 g/mol. The van der Waals surface area contributed by atoms with Crippen LogP contribution in [0.4, 0.5) is 0 Å². The van der Waals surface area contributed by atoms with Crippen molar-refractivity contribution in [2.75, 3.05) is 0 Å². The van der Waals surface area contributed by atoms with Crippen LogP contribution in [0, 0.1) is 0 Å². The van der Waals surface area contributed by atoms with Crippen molar-refractivity contribution in [3.05, 3.63) is 102 Å². The van der Waals surface area contributed by atoms with Crippen LogP contribution in [0.1, 0.15) is 29.5 Å². The zero-order valence-electron chi connectivity index (χ0n) is 16.9. The van der Waals surface area contributed by atoms with Crippen molar-refractivity contribution in [2.24, 2.45) is 0 Å². The van der Waals surface area contributed by atoms with E-state index < -0.39 is 0 Å². The van der Waals surface area contributed by atoms with Gasteiger partial charge in [0.15, 0.2) is 5.58 Å². The third kappa shape index (κ3) is 4.81. The maximum atomic E-state index is 13.0. The molecule has 5 nitrogen and oxygen atoms in total. The lowest BCUT2D eigenvalue weighted by Gasteiger charge is -2.21. The minimum Gasteiger partial charge on any atom is -0.437 e. The highest BCUT2D eigenvalue weighted by Crippen LogP contribution is 2.16. The number of amides is 1. The van der Waals surface area contributed by atoms with Crippen LogP contribution in [0.3, 0.4) is 0 Å². The van der Waals surface area contributed by atoms with Gasteiger partial charge in [-0.2, -0.15) is 0 Å². The van der Waals surface area contributed by atoms with Crippen molar-refractivity contribution in [3.8, 4) is 0 Å². The topological polar surface area (TPSA) is 59.2 Å². The van der Waals surface area contributed by atoms with Gasteiger partial charge in [0.2, 0.25) is 11.8 Å². The Morgan fingerprint density at radius 3 is 2.47 bits per heavy atom. The predicted molar refractivity (Wildman–Crippen MR) is 117 cm³/mol. The Kier molecular flexibility index (Phi) is 5.99. The largest absolute Gasteiger partial charge is 0.437 e. The van der Waals surface area contributed by atoms with Gasteiger partial charge in [-0.05, 0) is 41.3 Å². The fourth-order valence-electron chi connectivity index (χ4n) is 3.23. The van der Waals surface area contributed by atoms with Gasteiger partial charge in [-0.3, -0.25) is 9.78 Å². The van der Waals surface area contributed by atoms with Crippen molar-refractivity contribution in [1.82, 2.24) is 14.9 Å². The third-order valence-corrected chi connectivity index (χ3v) is 4.89. The average molecular weight is 397 g/mol. The molecule has 0 fully saturated rings. The number of carbonyl (C=O) groups is 1. The van der Waals surface area contributed by atoms with Crippen molar-refractivity contribution < 1.29 is 9.21 Å². The van der Waals surface area contributed by atoms with E-state index in [9.17, 15) is 4.79 Å². The zero-order valence-corrected chi connectivity index (χ0v) is 16.9. The van der Waals surface area contributed by atoms with Gasteiger partial charge >= 0.3 is 0 Å². The number of aromatic nitrogens is 2. The Hall–Kier alpha value is -3.73. The summed E-state index contributed by atoms with van der Waals surface area (Å²) >= 11 is 0. The predicted octanol–water partition coefficient (Wildman–Crippen LogP) is 5.03. The van der Waals surface area contributed by atoms with E-state index in [1.165, 1.54) is 11.6 Å². The number of aryl methyl sites for hydroxylation is 1. The molecule has 0 atom stereocenters. The second-order valence-electron chi connectivity index (χ2n) is 7.08. The van der Waals surface area contributed by atoms with Crippen LogP contribution in [0.5, 0.6) is 0 Å². The number of hydrogen-bond donors (Lipinski definition) is 0. The highest BCUT2D eigenvalue weighted by atomic mass is 16.3. The minimum absolute atomic E-state index is 0.110. The summed E-state index contributed by atoms with van der Waals surface area (Å²) in [4.78, 5) is 23.4. The van der Waals surface area contributed by atoms with Crippen LogP contribution in [0.15, 0.2) is 83.6 Å². The minimum atomic E-state index is -0.110. The summed E-state index contributed by atoms with van der Waals surface area (Å²) in [7, 11) is 0. The van der Waals surface area contributed by atoms with Gasteiger partial charge in [-0.1, -0.05) is 49.4 Å². The van der Waals surface area contributed by atoms with Gasteiger partial charge in [0.25, 0.3) is 0 Å². The average Bonchev–Trinajstić information content (AvgIpc) is 3.21. The quantitative estimate of drug-likeness (QED) is 0.411. The number of para-hydroxylation sites is 2. The van der Waals surface area contributed by atoms with E-state index in [0.29, 0.717) is 24.6 Å². The molecule has 0 saturated heterocycles. The van der Waals surface area contributed by atoms with Gasteiger partial charge in [-0.25, -0.2) is 4.98 Å². The standard InChI is InChI=1S/C25H23N3O2/c1-2-19-9-11-20(12-10-19)17-28(18-21-6-5-15-26-16-21)25(29)14-13-24-27-22-7-3-4-8-23(22)30-24/h3-16H,2,17-18H2,1H3. The molecule has 0 radical (unpaired) electrons. The third-order valence-electron chi connectivity index (χ3n) is 4.89. The second kappa shape index (κ2) is 9.18.